The fraction of sp³-hybridized carbons (Fsp3) is 0.222. The van der Waals surface area contributed by atoms with Gasteiger partial charge in [-0.3, -0.25) is 4.79 Å². The largest absolute Gasteiger partial charge is 0.397 e. The Morgan fingerprint density at radius 1 is 1.54 bits per heavy atom. The molecule has 1 aromatic rings. The van der Waals surface area contributed by atoms with Gasteiger partial charge in [-0.2, -0.15) is 0 Å². The van der Waals surface area contributed by atoms with Gasteiger partial charge in [-0.05, 0) is 17.7 Å². The van der Waals surface area contributed by atoms with Crippen molar-refractivity contribution in [3.63, 3.8) is 0 Å². The van der Waals surface area contributed by atoms with Crippen LogP contribution in [0.1, 0.15) is 5.56 Å². The van der Waals surface area contributed by atoms with Crippen LogP contribution in [0.15, 0.2) is 12.1 Å². The fourth-order valence-corrected chi connectivity index (χ4v) is 1.88. The molecule has 0 saturated heterocycles. The van der Waals surface area contributed by atoms with Crippen molar-refractivity contribution in [3.05, 3.63) is 22.7 Å². The van der Waals surface area contributed by atoms with E-state index in [9.17, 15) is 4.79 Å². The second-order valence-corrected chi connectivity index (χ2v) is 3.57. The first-order chi connectivity index (χ1) is 6.09. The van der Waals surface area contributed by atoms with Crippen molar-refractivity contribution >= 4 is 28.9 Å². The number of hydrogen-bond acceptors (Lipinski definition) is 2. The zero-order valence-corrected chi connectivity index (χ0v) is 7.93. The average Bonchev–Trinajstić information content (AvgIpc) is 2.27. The number of halogens is 1. The van der Waals surface area contributed by atoms with Gasteiger partial charge >= 0.3 is 0 Å². The highest BCUT2D eigenvalue weighted by Gasteiger charge is 2.26. The Bertz CT molecular complexity index is 389. The molecule has 1 aromatic carbocycles. The normalized spacial score (nSPS) is 14.9. The maximum atomic E-state index is 11.3. The number of benzene rings is 1. The number of carbonyl (C=O) groups excluding carboxylic acids is 1. The molecule has 0 aromatic heterocycles. The quantitative estimate of drug-likeness (QED) is 0.639. The zero-order chi connectivity index (χ0) is 9.59. The van der Waals surface area contributed by atoms with Gasteiger partial charge < -0.3 is 10.6 Å². The Hall–Kier alpha value is -1.22. The van der Waals surface area contributed by atoms with E-state index in [4.69, 9.17) is 17.3 Å². The minimum Gasteiger partial charge on any atom is -0.397 e. The van der Waals surface area contributed by atoms with Gasteiger partial charge in [0.25, 0.3) is 0 Å². The van der Waals surface area contributed by atoms with Crippen molar-refractivity contribution in [2.45, 2.75) is 6.42 Å². The highest BCUT2D eigenvalue weighted by molar-refractivity contribution is 6.31. The van der Waals surface area contributed by atoms with E-state index < -0.39 is 0 Å². The van der Waals surface area contributed by atoms with E-state index in [1.165, 1.54) is 0 Å². The molecule has 1 amide bonds. The summed E-state index contributed by atoms with van der Waals surface area (Å²) in [5.74, 6) is 0.0592. The smallest absolute Gasteiger partial charge is 0.231 e. The first-order valence-corrected chi connectivity index (χ1v) is 4.32. The SMILES string of the molecule is CN1C(=O)Cc2cc(Cl)cc(N)c21. The lowest BCUT2D eigenvalue weighted by atomic mass is 10.1. The lowest BCUT2D eigenvalue weighted by Gasteiger charge is -2.12. The monoisotopic (exact) mass is 196 g/mol. The average molecular weight is 197 g/mol. The molecule has 68 valence electrons. The Morgan fingerprint density at radius 3 is 2.92 bits per heavy atom. The molecule has 0 aliphatic carbocycles. The van der Waals surface area contributed by atoms with Gasteiger partial charge in [0, 0.05) is 12.1 Å². The number of anilines is 2. The van der Waals surface area contributed by atoms with Gasteiger partial charge in [0.15, 0.2) is 0 Å². The maximum absolute atomic E-state index is 11.3. The van der Waals surface area contributed by atoms with Crippen LogP contribution >= 0.6 is 11.6 Å². The van der Waals surface area contributed by atoms with E-state index in [1.807, 2.05) is 0 Å². The molecule has 4 heteroatoms. The van der Waals surface area contributed by atoms with Crippen molar-refractivity contribution < 1.29 is 4.79 Å². The molecular formula is C9H9ClN2O. The Morgan fingerprint density at radius 2 is 2.23 bits per heavy atom. The molecule has 13 heavy (non-hydrogen) atoms. The summed E-state index contributed by atoms with van der Waals surface area (Å²) in [4.78, 5) is 12.9. The van der Waals surface area contributed by atoms with Gasteiger partial charge in [-0.15, -0.1) is 0 Å². The number of nitrogens with two attached hydrogens (primary N) is 1. The van der Waals surface area contributed by atoms with Crippen LogP contribution in [0.4, 0.5) is 11.4 Å². The summed E-state index contributed by atoms with van der Waals surface area (Å²) < 4.78 is 0. The number of hydrogen-bond donors (Lipinski definition) is 1. The second-order valence-electron chi connectivity index (χ2n) is 3.13. The Kier molecular flexibility index (Phi) is 1.70. The van der Waals surface area contributed by atoms with Crippen molar-refractivity contribution in [2.24, 2.45) is 0 Å². The number of nitrogens with zero attached hydrogens (tertiary/aromatic N) is 1. The number of nitrogen functional groups attached to an aromatic ring is 1. The van der Waals surface area contributed by atoms with Crippen LogP contribution in [0.5, 0.6) is 0 Å². The van der Waals surface area contributed by atoms with E-state index in [2.05, 4.69) is 0 Å². The van der Waals surface area contributed by atoms with Crippen LogP contribution in [0.25, 0.3) is 0 Å². The lowest BCUT2D eigenvalue weighted by molar-refractivity contribution is -0.117. The molecule has 2 rings (SSSR count). The number of rotatable bonds is 0. The van der Waals surface area contributed by atoms with Gasteiger partial charge in [-0.1, -0.05) is 11.6 Å². The van der Waals surface area contributed by atoms with E-state index in [1.54, 1.807) is 24.1 Å². The first-order valence-electron chi connectivity index (χ1n) is 3.94. The van der Waals surface area contributed by atoms with E-state index in [0.717, 1.165) is 11.3 Å². The molecule has 2 N–H and O–H groups in total. The predicted molar refractivity (Wildman–Crippen MR) is 53.0 cm³/mol. The lowest BCUT2D eigenvalue weighted by Crippen LogP contribution is -2.21. The van der Waals surface area contributed by atoms with Crippen LogP contribution in [0, 0.1) is 0 Å². The standard InChI is InChI=1S/C9H9ClN2O/c1-12-8(13)3-5-2-6(10)4-7(11)9(5)12/h2,4H,3,11H2,1H3. The first kappa shape index (κ1) is 8.38. The molecule has 3 nitrogen and oxygen atoms in total. The summed E-state index contributed by atoms with van der Waals surface area (Å²) in [6.07, 6.45) is 0.399. The Labute approximate surface area is 81.1 Å². The zero-order valence-electron chi connectivity index (χ0n) is 7.17. The minimum atomic E-state index is 0.0592. The van der Waals surface area contributed by atoms with Crippen LogP contribution in [0.2, 0.25) is 5.02 Å². The summed E-state index contributed by atoms with van der Waals surface area (Å²) in [7, 11) is 1.72. The number of fused-ring (bicyclic) bond motifs is 1. The molecule has 0 unspecified atom stereocenters. The van der Waals surface area contributed by atoms with Crippen molar-refractivity contribution in [1.82, 2.24) is 0 Å². The third-order valence-electron chi connectivity index (χ3n) is 2.23. The topological polar surface area (TPSA) is 46.3 Å². The van der Waals surface area contributed by atoms with Gasteiger partial charge in [-0.25, -0.2) is 0 Å². The number of amides is 1. The van der Waals surface area contributed by atoms with E-state index in [0.29, 0.717) is 17.1 Å². The molecule has 0 radical (unpaired) electrons. The van der Waals surface area contributed by atoms with Crippen molar-refractivity contribution in [3.8, 4) is 0 Å². The number of carbonyl (C=O) groups is 1. The summed E-state index contributed by atoms with van der Waals surface area (Å²) in [6, 6.07) is 3.45. The highest BCUT2D eigenvalue weighted by atomic mass is 35.5. The molecule has 1 aliphatic heterocycles. The molecule has 1 aliphatic rings. The third-order valence-corrected chi connectivity index (χ3v) is 2.45. The predicted octanol–water partition coefficient (Wildman–Crippen LogP) is 1.44. The molecule has 1 heterocycles. The van der Waals surface area contributed by atoms with Gasteiger partial charge in [0.1, 0.15) is 0 Å². The Balaban J connectivity index is 2.64. The number of likely N-dealkylation sites (N-methyl/N-ethyl adjacent to an activating group) is 1. The molecular weight excluding hydrogens is 188 g/mol. The minimum absolute atomic E-state index is 0.0592. The maximum Gasteiger partial charge on any atom is 0.231 e. The van der Waals surface area contributed by atoms with Crippen LogP contribution in [0.3, 0.4) is 0 Å². The molecule has 0 fully saturated rings. The van der Waals surface area contributed by atoms with Crippen LogP contribution < -0.4 is 10.6 Å². The third kappa shape index (κ3) is 1.16. The molecule has 0 bridgehead atoms. The van der Waals surface area contributed by atoms with Crippen LogP contribution in [-0.4, -0.2) is 13.0 Å². The summed E-state index contributed by atoms with van der Waals surface area (Å²) in [6.45, 7) is 0. The summed E-state index contributed by atoms with van der Waals surface area (Å²) >= 11 is 5.81. The molecule has 0 spiro atoms. The van der Waals surface area contributed by atoms with Crippen molar-refractivity contribution in [1.29, 1.82) is 0 Å². The fourth-order valence-electron chi connectivity index (χ4n) is 1.63. The summed E-state index contributed by atoms with van der Waals surface area (Å²) in [5, 5.41) is 0.583. The van der Waals surface area contributed by atoms with Crippen molar-refractivity contribution in [2.75, 3.05) is 17.7 Å². The molecule has 0 saturated carbocycles. The van der Waals surface area contributed by atoms with Gasteiger partial charge in [0.05, 0.1) is 17.8 Å². The van der Waals surface area contributed by atoms with E-state index in [-0.39, 0.29) is 5.91 Å². The van der Waals surface area contributed by atoms with Crippen LogP contribution in [-0.2, 0) is 11.2 Å². The second kappa shape index (κ2) is 2.64. The highest BCUT2D eigenvalue weighted by Crippen LogP contribution is 2.35. The molecule has 0 atom stereocenters. The van der Waals surface area contributed by atoms with Gasteiger partial charge in [0.2, 0.25) is 5.91 Å². The summed E-state index contributed by atoms with van der Waals surface area (Å²) in [5.41, 5.74) is 8.03. The van der Waals surface area contributed by atoms with E-state index >= 15 is 0 Å².